The highest BCUT2D eigenvalue weighted by molar-refractivity contribution is 7.89. The molecule has 0 aliphatic heterocycles. The Morgan fingerprint density at radius 3 is 2.13 bits per heavy atom. The molecule has 31 heavy (non-hydrogen) atoms. The third-order valence-corrected chi connectivity index (χ3v) is 6.64. The summed E-state index contributed by atoms with van der Waals surface area (Å²) in [7, 11) is -2.09. The van der Waals surface area contributed by atoms with E-state index in [0.717, 1.165) is 11.1 Å². The number of rotatable bonds is 9. The van der Waals surface area contributed by atoms with E-state index in [0.29, 0.717) is 5.75 Å². The molecule has 3 aromatic carbocycles. The molecule has 0 aromatic heterocycles. The average molecular weight is 439 g/mol. The lowest BCUT2D eigenvalue weighted by molar-refractivity contribution is -0.123. The fraction of sp³-hybridized carbons (Fsp3) is 0.208. The summed E-state index contributed by atoms with van der Waals surface area (Å²) in [4.78, 5) is 12.3. The number of carbonyl (C=O) groups excluding carboxylic acids is 1. The van der Waals surface area contributed by atoms with Crippen LogP contribution >= 0.6 is 0 Å². The Bertz CT molecular complexity index is 1090. The van der Waals surface area contributed by atoms with Crippen LogP contribution in [0.5, 0.6) is 5.75 Å². The summed E-state index contributed by atoms with van der Waals surface area (Å²) < 4.78 is 32.4. The highest BCUT2D eigenvalue weighted by atomic mass is 32.2. The maximum absolute atomic E-state index is 12.8. The predicted molar refractivity (Wildman–Crippen MR) is 120 cm³/mol. The number of hydrogen-bond donors (Lipinski definition) is 1. The molecular weight excluding hydrogens is 412 g/mol. The zero-order valence-electron chi connectivity index (χ0n) is 17.6. The topological polar surface area (TPSA) is 75.7 Å². The second-order valence-corrected chi connectivity index (χ2v) is 9.25. The summed E-state index contributed by atoms with van der Waals surface area (Å²) in [5.74, 6) is 0.169. The van der Waals surface area contributed by atoms with Crippen molar-refractivity contribution < 1.29 is 17.9 Å². The lowest BCUT2D eigenvalue weighted by Gasteiger charge is -2.18. The first-order valence-electron chi connectivity index (χ1n) is 9.93. The highest BCUT2D eigenvalue weighted by Crippen LogP contribution is 2.20. The van der Waals surface area contributed by atoms with E-state index >= 15 is 0 Å². The minimum Gasteiger partial charge on any atom is -0.484 e. The molecule has 0 fully saturated rings. The van der Waals surface area contributed by atoms with Crippen molar-refractivity contribution in [2.75, 3.05) is 13.7 Å². The van der Waals surface area contributed by atoms with Gasteiger partial charge in [-0.15, -0.1) is 0 Å². The number of sulfonamides is 1. The Labute approximate surface area is 183 Å². The quantitative estimate of drug-likeness (QED) is 0.552. The van der Waals surface area contributed by atoms with Crippen LogP contribution in [0.4, 0.5) is 0 Å². The van der Waals surface area contributed by atoms with Gasteiger partial charge in [0.25, 0.3) is 5.91 Å². The van der Waals surface area contributed by atoms with Crippen LogP contribution in [0.25, 0.3) is 0 Å². The van der Waals surface area contributed by atoms with Crippen molar-refractivity contribution in [3.63, 3.8) is 0 Å². The van der Waals surface area contributed by atoms with Crippen LogP contribution in [-0.4, -0.2) is 32.3 Å². The van der Waals surface area contributed by atoms with Crippen molar-refractivity contribution in [1.82, 2.24) is 9.62 Å². The largest absolute Gasteiger partial charge is 0.484 e. The van der Waals surface area contributed by atoms with Crippen LogP contribution in [-0.2, 0) is 21.4 Å². The number of nitrogens with zero attached hydrogens (tertiary/aromatic N) is 1. The molecule has 0 saturated heterocycles. The van der Waals surface area contributed by atoms with E-state index in [-0.39, 0.29) is 30.0 Å². The minimum absolute atomic E-state index is 0.134. The number of benzene rings is 3. The van der Waals surface area contributed by atoms with Crippen molar-refractivity contribution in [1.29, 1.82) is 0 Å². The number of hydrogen-bond acceptors (Lipinski definition) is 4. The lowest BCUT2D eigenvalue weighted by atomic mass is 10.1. The molecule has 6 nitrogen and oxygen atoms in total. The molecule has 0 aliphatic rings. The van der Waals surface area contributed by atoms with Gasteiger partial charge in [-0.3, -0.25) is 4.79 Å². The third kappa shape index (κ3) is 6.16. The normalized spacial score (nSPS) is 12.4. The molecule has 0 spiro atoms. The molecule has 3 aromatic rings. The highest BCUT2D eigenvalue weighted by Gasteiger charge is 2.21. The SMILES string of the molecule is C[C@H](NC(=O)COc1ccc(S(=O)(=O)N(C)Cc2ccccc2)cc1)c1ccccc1. The lowest BCUT2D eigenvalue weighted by Crippen LogP contribution is -2.31. The Morgan fingerprint density at radius 1 is 0.935 bits per heavy atom. The van der Waals surface area contributed by atoms with Gasteiger partial charge < -0.3 is 10.1 Å². The van der Waals surface area contributed by atoms with E-state index in [2.05, 4.69) is 5.32 Å². The summed E-state index contributed by atoms with van der Waals surface area (Å²) in [6.07, 6.45) is 0. The standard InChI is InChI=1S/C24H26N2O4S/c1-19(21-11-7-4-8-12-21)25-24(27)18-30-22-13-15-23(16-14-22)31(28,29)26(2)17-20-9-5-3-6-10-20/h3-16,19H,17-18H2,1-2H3,(H,25,27)/t19-/m0/s1. The van der Waals surface area contributed by atoms with Crippen molar-refractivity contribution >= 4 is 15.9 Å². The van der Waals surface area contributed by atoms with E-state index < -0.39 is 10.0 Å². The van der Waals surface area contributed by atoms with Crippen molar-refractivity contribution in [2.45, 2.75) is 24.4 Å². The van der Waals surface area contributed by atoms with Gasteiger partial charge in [-0.2, -0.15) is 4.31 Å². The van der Waals surface area contributed by atoms with Gasteiger partial charge in [-0.05, 0) is 42.3 Å². The summed E-state index contributed by atoms with van der Waals surface area (Å²) in [5, 5.41) is 2.87. The molecule has 0 aliphatic carbocycles. The van der Waals surface area contributed by atoms with Crippen molar-refractivity contribution in [2.24, 2.45) is 0 Å². The van der Waals surface area contributed by atoms with Gasteiger partial charge in [-0.25, -0.2) is 8.42 Å². The van der Waals surface area contributed by atoms with E-state index in [1.807, 2.05) is 67.6 Å². The van der Waals surface area contributed by atoms with E-state index in [1.54, 1.807) is 19.2 Å². The zero-order valence-corrected chi connectivity index (χ0v) is 18.4. The fourth-order valence-electron chi connectivity index (χ4n) is 3.07. The second kappa shape index (κ2) is 10.2. The fourth-order valence-corrected chi connectivity index (χ4v) is 4.23. The van der Waals surface area contributed by atoms with E-state index in [1.165, 1.54) is 16.4 Å². The van der Waals surface area contributed by atoms with Gasteiger partial charge in [0.05, 0.1) is 10.9 Å². The number of nitrogens with one attached hydrogen (secondary N) is 1. The van der Waals surface area contributed by atoms with Gasteiger partial charge >= 0.3 is 0 Å². The number of carbonyl (C=O) groups is 1. The van der Waals surface area contributed by atoms with Gasteiger partial charge in [0, 0.05) is 13.6 Å². The molecule has 1 N–H and O–H groups in total. The molecule has 0 bridgehead atoms. The summed E-state index contributed by atoms with van der Waals surface area (Å²) >= 11 is 0. The maximum Gasteiger partial charge on any atom is 0.258 e. The summed E-state index contributed by atoms with van der Waals surface area (Å²) in [6, 6.07) is 25.0. The zero-order chi connectivity index (χ0) is 22.3. The summed E-state index contributed by atoms with van der Waals surface area (Å²) in [5.41, 5.74) is 1.91. The van der Waals surface area contributed by atoms with Crippen LogP contribution in [0.3, 0.4) is 0 Å². The van der Waals surface area contributed by atoms with Crippen molar-refractivity contribution in [3.8, 4) is 5.75 Å². The Morgan fingerprint density at radius 2 is 1.52 bits per heavy atom. The van der Waals surface area contributed by atoms with Gasteiger partial charge in [0.1, 0.15) is 5.75 Å². The van der Waals surface area contributed by atoms with E-state index in [4.69, 9.17) is 4.74 Å². The molecule has 1 amide bonds. The van der Waals surface area contributed by atoms with Crippen LogP contribution in [0.1, 0.15) is 24.1 Å². The molecule has 0 heterocycles. The van der Waals surface area contributed by atoms with Gasteiger partial charge in [0.2, 0.25) is 10.0 Å². The molecule has 7 heteroatoms. The monoisotopic (exact) mass is 438 g/mol. The van der Waals surface area contributed by atoms with Crippen molar-refractivity contribution in [3.05, 3.63) is 96.1 Å². The Hall–Kier alpha value is -3.16. The van der Waals surface area contributed by atoms with Crippen LogP contribution in [0.15, 0.2) is 89.8 Å². The van der Waals surface area contributed by atoms with Crippen LogP contribution in [0, 0.1) is 0 Å². The van der Waals surface area contributed by atoms with Gasteiger partial charge in [0.15, 0.2) is 6.61 Å². The first kappa shape index (κ1) is 22.5. The smallest absolute Gasteiger partial charge is 0.258 e. The predicted octanol–water partition coefficient (Wildman–Crippen LogP) is 3.76. The Balaban J connectivity index is 1.55. The summed E-state index contributed by atoms with van der Waals surface area (Å²) in [6.45, 7) is 2.03. The molecule has 3 rings (SSSR count). The average Bonchev–Trinajstić information content (AvgIpc) is 2.79. The van der Waals surface area contributed by atoms with Gasteiger partial charge in [-0.1, -0.05) is 60.7 Å². The maximum atomic E-state index is 12.8. The minimum atomic E-state index is -3.63. The number of amides is 1. The van der Waals surface area contributed by atoms with E-state index in [9.17, 15) is 13.2 Å². The first-order valence-corrected chi connectivity index (χ1v) is 11.4. The van der Waals surface area contributed by atoms with Crippen LogP contribution in [0.2, 0.25) is 0 Å². The third-order valence-electron chi connectivity index (χ3n) is 4.83. The molecule has 1 atom stereocenters. The molecule has 162 valence electrons. The molecule has 0 unspecified atom stereocenters. The second-order valence-electron chi connectivity index (χ2n) is 7.21. The molecule has 0 saturated carbocycles. The Kier molecular flexibility index (Phi) is 7.44. The van der Waals surface area contributed by atoms with Crippen LogP contribution < -0.4 is 10.1 Å². The molecular formula is C24H26N2O4S. The number of ether oxygens (including phenoxy) is 1. The first-order chi connectivity index (χ1) is 14.9. The molecule has 0 radical (unpaired) electrons.